The molecule has 0 aliphatic carbocycles. The van der Waals surface area contributed by atoms with E-state index in [-0.39, 0.29) is 0 Å². The second-order valence-electron chi connectivity index (χ2n) is 3.98. The second kappa shape index (κ2) is 8.54. The minimum absolute atomic E-state index is 0.445. The van der Waals surface area contributed by atoms with E-state index in [4.69, 9.17) is 5.26 Å². The Morgan fingerprint density at radius 3 is 2.31 bits per heavy atom. The Labute approximate surface area is 99.1 Å². The van der Waals surface area contributed by atoms with Crippen LogP contribution in [0.15, 0.2) is 0 Å². The van der Waals surface area contributed by atoms with E-state index in [9.17, 15) is 8.42 Å². The van der Waals surface area contributed by atoms with E-state index in [1.165, 1.54) is 26.2 Å². The Morgan fingerprint density at radius 1 is 1.19 bits per heavy atom. The number of nitrogens with zero attached hydrogens (tertiary/aromatic N) is 1. The summed E-state index contributed by atoms with van der Waals surface area (Å²) in [6.07, 6.45) is 6.73. The summed E-state index contributed by atoms with van der Waals surface area (Å²) in [7, 11) is -3.42. The topological polar surface area (TPSA) is 70.0 Å². The van der Waals surface area contributed by atoms with Gasteiger partial charge in [-0.1, -0.05) is 39.0 Å². The molecule has 16 heavy (non-hydrogen) atoms. The van der Waals surface area contributed by atoms with Gasteiger partial charge in [-0.25, -0.2) is 13.1 Å². The number of unbranched alkanes of at least 4 members (excludes halogenated alkanes) is 5. The van der Waals surface area contributed by atoms with Gasteiger partial charge < -0.3 is 0 Å². The highest BCUT2D eigenvalue weighted by Gasteiger charge is 2.18. The summed E-state index contributed by atoms with van der Waals surface area (Å²) < 4.78 is 25.2. The molecular weight excluding hydrogens is 224 g/mol. The van der Waals surface area contributed by atoms with E-state index in [0.717, 1.165) is 19.3 Å². The summed E-state index contributed by atoms with van der Waals surface area (Å²) >= 11 is 0. The van der Waals surface area contributed by atoms with Gasteiger partial charge in [-0.3, -0.25) is 0 Å². The zero-order valence-corrected chi connectivity index (χ0v) is 11.0. The quantitative estimate of drug-likeness (QED) is 0.634. The van der Waals surface area contributed by atoms with E-state index < -0.39 is 15.3 Å². The highest BCUT2D eigenvalue weighted by molar-refractivity contribution is 7.90. The van der Waals surface area contributed by atoms with Crippen LogP contribution < -0.4 is 4.72 Å². The summed E-state index contributed by atoms with van der Waals surface area (Å²) in [5.41, 5.74) is 0. The Kier molecular flexibility index (Phi) is 8.22. The van der Waals surface area contributed by atoms with Gasteiger partial charge in [-0.05, 0) is 13.3 Å². The van der Waals surface area contributed by atoms with Crippen molar-refractivity contribution in [2.75, 3.05) is 6.54 Å². The lowest BCUT2D eigenvalue weighted by atomic mass is 10.1. The second-order valence-corrected chi connectivity index (χ2v) is 6.06. The molecule has 94 valence electrons. The molecule has 0 heterocycles. The van der Waals surface area contributed by atoms with Gasteiger partial charge in [-0.15, -0.1) is 0 Å². The number of rotatable bonds is 9. The van der Waals surface area contributed by atoms with Gasteiger partial charge in [0.05, 0.1) is 6.07 Å². The molecule has 0 radical (unpaired) electrons. The molecule has 0 saturated carbocycles. The van der Waals surface area contributed by atoms with Gasteiger partial charge in [-0.2, -0.15) is 5.26 Å². The summed E-state index contributed by atoms with van der Waals surface area (Å²) in [5.74, 6) is 0. The van der Waals surface area contributed by atoms with Crippen molar-refractivity contribution in [3.8, 4) is 6.07 Å². The molecule has 0 aromatic rings. The molecule has 0 amide bonds. The maximum absolute atomic E-state index is 11.4. The fourth-order valence-electron chi connectivity index (χ4n) is 1.31. The van der Waals surface area contributed by atoms with Gasteiger partial charge in [0.25, 0.3) is 0 Å². The monoisotopic (exact) mass is 246 g/mol. The molecule has 0 bridgehead atoms. The highest BCUT2D eigenvalue weighted by atomic mass is 32.2. The van der Waals surface area contributed by atoms with Gasteiger partial charge in [0.2, 0.25) is 10.0 Å². The van der Waals surface area contributed by atoms with Crippen molar-refractivity contribution in [2.24, 2.45) is 0 Å². The molecule has 0 aliphatic rings. The molecule has 0 saturated heterocycles. The first kappa shape index (κ1) is 15.4. The Balaban J connectivity index is 3.56. The van der Waals surface area contributed by atoms with Crippen LogP contribution in [0.5, 0.6) is 0 Å². The minimum Gasteiger partial charge on any atom is -0.214 e. The maximum atomic E-state index is 11.4. The molecule has 0 spiro atoms. The first-order chi connectivity index (χ1) is 7.54. The molecule has 5 heteroatoms. The third-order valence-corrected chi connectivity index (χ3v) is 4.12. The van der Waals surface area contributed by atoms with Crippen molar-refractivity contribution in [3.63, 3.8) is 0 Å². The first-order valence-electron chi connectivity index (χ1n) is 5.92. The highest BCUT2D eigenvalue weighted by Crippen LogP contribution is 2.04. The van der Waals surface area contributed by atoms with Gasteiger partial charge in [0.1, 0.15) is 0 Å². The van der Waals surface area contributed by atoms with Crippen LogP contribution in [0.4, 0.5) is 0 Å². The number of nitriles is 1. The van der Waals surface area contributed by atoms with E-state index in [1.54, 1.807) is 6.07 Å². The number of hydrogen-bond acceptors (Lipinski definition) is 3. The Morgan fingerprint density at radius 2 is 1.75 bits per heavy atom. The fourth-order valence-corrected chi connectivity index (χ4v) is 2.13. The van der Waals surface area contributed by atoms with E-state index in [2.05, 4.69) is 11.6 Å². The number of sulfonamides is 1. The van der Waals surface area contributed by atoms with Crippen LogP contribution in [0.1, 0.15) is 52.4 Å². The SMILES string of the molecule is CCCCCCCCNS(=O)(=O)C(C)C#N. The van der Waals surface area contributed by atoms with Gasteiger partial charge in [0.15, 0.2) is 5.25 Å². The molecule has 0 aliphatic heterocycles. The molecule has 1 unspecified atom stereocenters. The summed E-state index contributed by atoms with van der Waals surface area (Å²) in [6, 6.07) is 1.72. The van der Waals surface area contributed by atoms with Crippen LogP contribution in [0, 0.1) is 11.3 Å². The lowest BCUT2D eigenvalue weighted by Gasteiger charge is -2.07. The minimum atomic E-state index is -3.42. The van der Waals surface area contributed by atoms with Crippen LogP contribution >= 0.6 is 0 Å². The van der Waals surface area contributed by atoms with Crippen molar-refractivity contribution in [2.45, 2.75) is 57.6 Å². The molecule has 0 aromatic carbocycles. The average Bonchev–Trinajstić information content (AvgIpc) is 2.26. The first-order valence-corrected chi connectivity index (χ1v) is 7.47. The van der Waals surface area contributed by atoms with Gasteiger partial charge in [0, 0.05) is 6.54 Å². The molecule has 4 nitrogen and oxygen atoms in total. The Hall–Kier alpha value is -0.600. The van der Waals surface area contributed by atoms with E-state index in [0.29, 0.717) is 6.54 Å². The van der Waals surface area contributed by atoms with Crippen LogP contribution in [0.2, 0.25) is 0 Å². The van der Waals surface area contributed by atoms with Crippen molar-refractivity contribution < 1.29 is 8.42 Å². The molecule has 0 fully saturated rings. The Bertz CT molecular complexity index is 306. The molecule has 1 N–H and O–H groups in total. The number of hydrogen-bond donors (Lipinski definition) is 1. The zero-order valence-electron chi connectivity index (χ0n) is 10.2. The molecule has 0 rings (SSSR count). The standard InChI is InChI=1S/C11H22N2O2S/c1-3-4-5-6-7-8-9-13-16(14,15)11(2)10-12/h11,13H,3-9H2,1-2H3. The summed E-state index contributed by atoms with van der Waals surface area (Å²) in [5, 5.41) is 7.54. The van der Waals surface area contributed by atoms with Crippen LogP contribution in [-0.4, -0.2) is 20.2 Å². The molecule has 0 aromatic heterocycles. The average molecular weight is 246 g/mol. The molecular formula is C11H22N2O2S. The fraction of sp³-hybridized carbons (Fsp3) is 0.909. The van der Waals surface area contributed by atoms with Crippen LogP contribution in [0.3, 0.4) is 0 Å². The summed E-state index contributed by atoms with van der Waals surface area (Å²) in [6.45, 7) is 4.00. The van der Waals surface area contributed by atoms with Crippen LogP contribution in [0.25, 0.3) is 0 Å². The van der Waals surface area contributed by atoms with Crippen LogP contribution in [-0.2, 0) is 10.0 Å². The number of nitrogens with one attached hydrogen (secondary N) is 1. The smallest absolute Gasteiger partial charge is 0.214 e. The predicted molar refractivity (Wildman–Crippen MR) is 65.4 cm³/mol. The lowest BCUT2D eigenvalue weighted by Crippen LogP contribution is -2.32. The van der Waals surface area contributed by atoms with Crippen molar-refractivity contribution in [3.05, 3.63) is 0 Å². The van der Waals surface area contributed by atoms with E-state index in [1.807, 2.05) is 0 Å². The lowest BCUT2D eigenvalue weighted by molar-refractivity contribution is 0.564. The zero-order chi connectivity index (χ0) is 12.4. The maximum Gasteiger partial charge on any atom is 0.227 e. The van der Waals surface area contributed by atoms with Crippen molar-refractivity contribution >= 4 is 10.0 Å². The molecule has 1 atom stereocenters. The third-order valence-electron chi connectivity index (χ3n) is 2.48. The van der Waals surface area contributed by atoms with Crippen molar-refractivity contribution in [1.82, 2.24) is 4.72 Å². The third kappa shape index (κ3) is 6.81. The van der Waals surface area contributed by atoms with Crippen molar-refractivity contribution in [1.29, 1.82) is 5.26 Å². The summed E-state index contributed by atoms with van der Waals surface area (Å²) in [4.78, 5) is 0. The van der Waals surface area contributed by atoms with E-state index >= 15 is 0 Å². The normalized spacial score (nSPS) is 13.3. The largest absolute Gasteiger partial charge is 0.227 e. The predicted octanol–water partition coefficient (Wildman–Crippen LogP) is 2.18. The van der Waals surface area contributed by atoms with Gasteiger partial charge >= 0.3 is 0 Å².